The molecule has 7 nitrogen and oxygen atoms in total. The van der Waals surface area contributed by atoms with E-state index in [1.54, 1.807) is 21.6 Å². The molecule has 0 aromatic carbocycles. The number of pyridine rings is 1. The molecule has 0 fully saturated rings. The number of rotatable bonds is 1. The summed E-state index contributed by atoms with van der Waals surface area (Å²) in [6, 6.07) is 1.84. The van der Waals surface area contributed by atoms with Crippen molar-refractivity contribution < 1.29 is 0 Å². The molecule has 4 aromatic rings. The Morgan fingerprint density at radius 1 is 1.30 bits per heavy atom. The van der Waals surface area contributed by atoms with Gasteiger partial charge in [0.05, 0.1) is 28.2 Å². The molecule has 0 bridgehead atoms. The van der Waals surface area contributed by atoms with Gasteiger partial charge in [0.1, 0.15) is 5.65 Å². The molecule has 0 spiro atoms. The van der Waals surface area contributed by atoms with E-state index in [0.29, 0.717) is 11.0 Å². The summed E-state index contributed by atoms with van der Waals surface area (Å²) in [5.74, 6) is 0. The normalized spacial score (nSPS) is 11.9. The second-order valence-corrected chi connectivity index (χ2v) is 4.75. The Kier molecular flexibility index (Phi) is 2.04. The minimum atomic E-state index is -0.161. The molecule has 20 heavy (non-hydrogen) atoms. The predicted octanol–water partition coefficient (Wildman–Crippen LogP) is 1.25. The minimum absolute atomic E-state index is 0.161. The second kappa shape index (κ2) is 3.66. The zero-order valence-electron chi connectivity index (χ0n) is 11.1. The van der Waals surface area contributed by atoms with Crippen LogP contribution < -0.4 is 5.56 Å². The van der Waals surface area contributed by atoms with Crippen LogP contribution in [0.1, 0.15) is 12.6 Å². The number of aromatic amines is 1. The summed E-state index contributed by atoms with van der Waals surface area (Å²) in [6.45, 7) is 4.63. The predicted molar refractivity (Wildman–Crippen MR) is 74.8 cm³/mol. The third kappa shape index (κ3) is 1.29. The van der Waals surface area contributed by atoms with Crippen LogP contribution in [0.3, 0.4) is 0 Å². The first-order chi connectivity index (χ1) is 9.69. The van der Waals surface area contributed by atoms with E-state index in [4.69, 9.17) is 0 Å². The fraction of sp³-hybridized carbons (Fsp3) is 0.231. The van der Waals surface area contributed by atoms with Gasteiger partial charge in [-0.15, -0.1) is 0 Å². The average molecular weight is 268 g/mol. The van der Waals surface area contributed by atoms with Crippen molar-refractivity contribution in [3.05, 3.63) is 34.5 Å². The zero-order valence-corrected chi connectivity index (χ0v) is 11.1. The van der Waals surface area contributed by atoms with Crippen LogP contribution >= 0.6 is 0 Å². The molecule has 0 saturated heterocycles. The van der Waals surface area contributed by atoms with Crippen LogP contribution in [0.15, 0.2) is 23.3 Å². The highest BCUT2D eigenvalue weighted by Gasteiger charge is 2.14. The van der Waals surface area contributed by atoms with Crippen molar-refractivity contribution in [1.82, 2.24) is 29.4 Å². The molecular weight excluding hydrogens is 256 g/mol. The lowest BCUT2D eigenvalue weighted by atomic mass is 10.2. The largest absolute Gasteiger partial charge is 0.306 e. The van der Waals surface area contributed by atoms with E-state index in [1.807, 2.05) is 19.9 Å². The summed E-state index contributed by atoms with van der Waals surface area (Å²) in [6.07, 6.45) is 3.32. The van der Waals surface area contributed by atoms with Crippen molar-refractivity contribution >= 4 is 27.6 Å². The van der Waals surface area contributed by atoms with Gasteiger partial charge in [0.25, 0.3) is 5.56 Å². The Bertz CT molecular complexity index is 1020. The van der Waals surface area contributed by atoms with E-state index in [0.717, 1.165) is 28.8 Å². The van der Waals surface area contributed by atoms with Gasteiger partial charge in [-0.1, -0.05) is 0 Å². The van der Waals surface area contributed by atoms with Gasteiger partial charge >= 0.3 is 0 Å². The molecule has 0 radical (unpaired) electrons. The van der Waals surface area contributed by atoms with Gasteiger partial charge in [-0.3, -0.25) is 4.79 Å². The quantitative estimate of drug-likeness (QED) is 0.563. The first kappa shape index (κ1) is 11.2. The lowest BCUT2D eigenvalue weighted by Crippen LogP contribution is -2.11. The molecule has 4 heterocycles. The summed E-state index contributed by atoms with van der Waals surface area (Å²) < 4.78 is 3.55. The Morgan fingerprint density at radius 2 is 2.15 bits per heavy atom. The van der Waals surface area contributed by atoms with Gasteiger partial charge < -0.3 is 4.98 Å². The van der Waals surface area contributed by atoms with Gasteiger partial charge in [-0.2, -0.15) is 10.2 Å². The summed E-state index contributed by atoms with van der Waals surface area (Å²) in [5.41, 5.74) is 2.88. The molecule has 1 N–H and O–H groups in total. The summed E-state index contributed by atoms with van der Waals surface area (Å²) in [4.78, 5) is 19.3. The Morgan fingerprint density at radius 3 is 2.95 bits per heavy atom. The number of nitrogens with one attached hydrogen (secondary N) is 1. The fourth-order valence-electron chi connectivity index (χ4n) is 2.58. The number of fused-ring (bicyclic) bond motifs is 5. The van der Waals surface area contributed by atoms with E-state index in [9.17, 15) is 4.79 Å². The zero-order chi connectivity index (χ0) is 13.9. The Hall–Kier alpha value is -2.70. The Balaban J connectivity index is 2.35. The highest BCUT2D eigenvalue weighted by atomic mass is 16.1. The van der Waals surface area contributed by atoms with Crippen molar-refractivity contribution in [2.45, 2.75) is 20.4 Å². The molecule has 0 unspecified atom stereocenters. The summed E-state index contributed by atoms with van der Waals surface area (Å²) in [5, 5.41) is 10.1. The highest BCUT2D eigenvalue weighted by Crippen LogP contribution is 2.21. The smallest absolute Gasteiger partial charge is 0.260 e. The number of hydrogen-bond acceptors (Lipinski definition) is 4. The van der Waals surface area contributed by atoms with Gasteiger partial charge in [0, 0.05) is 18.8 Å². The molecule has 4 aromatic heterocycles. The van der Waals surface area contributed by atoms with Gasteiger partial charge in [0.15, 0.2) is 5.65 Å². The molecule has 100 valence electrons. The maximum absolute atomic E-state index is 12.2. The van der Waals surface area contributed by atoms with Crippen LogP contribution in [0.5, 0.6) is 0 Å². The van der Waals surface area contributed by atoms with Gasteiger partial charge in [0.2, 0.25) is 0 Å². The summed E-state index contributed by atoms with van der Waals surface area (Å²) in [7, 11) is 0. The van der Waals surface area contributed by atoms with Gasteiger partial charge in [-0.05, 0) is 13.8 Å². The number of aromatic nitrogens is 6. The van der Waals surface area contributed by atoms with Crippen molar-refractivity contribution in [2.24, 2.45) is 0 Å². The SMILES string of the molecule is CCn1ncc2c1ncc1c(=O)[nH]c3cc(C)nn3c12. The first-order valence-electron chi connectivity index (χ1n) is 6.42. The molecule has 0 amide bonds. The third-order valence-electron chi connectivity index (χ3n) is 3.47. The van der Waals surface area contributed by atoms with E-state index in [1.165, 1.54) is 0 Å². The van der Waals surface area contributed by atoms with E-state index >= 15 is 0 Å². The fourth-order valence-corrected chi connectivity index (χ4v) is 2.58. The van der Waals surface area contributed by atoms with Crippen LogP contribution in [0.25, 0.3) is 27.6 Å². The highest BCUT2D eigenvalue weighted by molar-refractivity contribution is 6.02. The monoisotopic (exact) mass is 268 g/mol. The maximum atomic E-state index is 12.2. The first-order valence-corrected chi connectivity index (χ1v) is 6.42. The maximum Gasteiger partial charge on any atom is 0.260 e. The van der Waals surface area contributed by atoms with E-state index in [2.05, 4.69) is 20.2 Å². The van der Waals surface area contributed by atoms with E-state index < -0.39 is 0 Å². The van der Waals surface area contributed by atoms with Crippen LogP contribution in [0, 0.1) is 6.92 Å². The van der Waals surface area contributed by atoms with Crippen LogP contribution in [0.4, 0.5) is 0 Å². The molecule has 0 atom stereocenters. The number of hydrogen-bond donors (Lipinski definition) is 1. The number of H-pyrrole nitrogens is 1. The van der Waals surface area contributed by atoms with Crippen LogP contribution in [-0.4, -0.2) is 29.4 Å². The van der Waals surface area contributed by atoms with Crippen LogP contribution in [0.2, 0.25) is 0 Å². The van der Waals surface area contributed by atoms with Crippen molar-refractivity contribution in [2.75, 3.05) is 0 Å². The lowest BCUT2D eigenvalue weighted by Gasteiger charge is -2.03. The van der Waals surface area contributed by atoms with Crippen molar-refractivity contribution in [3.8, 4) is 0 Å². The average Bonchev–Trinajstić information content (AvgIpc) is 3.00. The lowest BCUT2D eigenvalue weighted by molar-refractivity contribution is 0.677. The van der Waals surface area contributed by atoms with Crippen molar-refractivity contribution in [3.63, 3.8) is 0 Å². The van der Waals surface area contributed by atoms with Crippen molar-refractivity contribution in [1.29, 1.82) is 0 Å². The molecular formula is C13H12N6O. The minimum Gasteiger partial charge on any atom is -0.306 e. The molecule has 4 rings (SSSR count). The summed E-state index contributed by atoms with van der Waals surface area (Å²) >= 11 is 0. The van der Waals surface area contributed by atoms with E-state index in [-0.39, 0.29) is 5.56 Å². The third-order valence-corrected chi connectivity index (χ3v) is 3.47. The van der Waals surface area contributed by atoms with Crippen LogP contribution in [-0.2, 0) is 6.54 Å². The molecule has 0 aliphatic carbocycles. The second-order valence-electron chi connectivity index (χ2n) is 4.75. The topological polar surface area (TPSA) is 80.9 Å². The number of aryl methyl sites for hydroxylation is 2. The standard InChI is InChI=1S/C13H12N6O/c1-3-18-12-8(6-15-18)11-9(5-14-12)13(20)16-10-4-7(2)17-19(10)11/h4-6H,3H2,1-2H3,(H,16,20). The molecule has 0 saturated carbocycles. The Labute approximate surface area is 112 Å². The number of nitrogens with zero attached hydrogens (tertiary/aromatic N) is 5. The molecule has 0 aliphatic heterocycles. The van der Waals surface area contributed by atoms with Gasteiger partial charge in [-0.25, -0.2) is 14.2 Å². The molecule has 0 aliphatic rings. The molecule has 7 heteroatoms.